The Bertz CT molecular complexity index is 217. The molecule has 12 heavy (non-hydrogen) atoms. The lowest BCUT2D eigenvalue weighted by Crippen LogP contribution is -1.62. The number of rotatable bonds is 1. The predicted molar refractivity (Wildman–Crippen MR) is 57.9 cm³/mol. The molecule has 0 fully saturated rings. The molecule has 0 bridgehead atoms. The molecule has 0 spiro atoms. The number of aromatic hydroxyl groups is 1. The summed E-state index contributed by atoms with van der Waals surface area (Å²) >= 11 is 5.46. The Labute approximate surface area is 80.3 Å². The highest BCUT2D eigenvalue weighted by Crippen LogP contribution is 2.20. The van der Waals surface area contributed by atoms with Gasteiger partial charge in [0.15, 0.2) is 0 Å². The van der Waals surface area contributed by atoms with Gasteiger partial charge in [-0.05, 0) is 18.3 Å². The predicted octanol–water partition coefficient (Wildman–Crippen LogP) is 3.09. The standard InChI is InChI=1S/C6H5ClO.C3H7P/c7-5-3-1-2-4-6(5)8;1-2-3-4/h1-4,8H;2H,1,3-4H2. The van der Waals surface area contributed by atoms with Crippen molar-refractivity contribution in [1.29, 1.82) is 0 Å². The number of allylic oxidation sites excluding steroid dienone is 1. The van der Waals surface area contributed by atoms with Crippen LogP contribution in [0.25, 0.3) is 0 Å². The summed E-state index contributed by atoms with van der Waals surface area (Å²) in [5.74, 6) is 0.133. The highest BCUT2D eigenvalue weighted by molar-refractivity contribution is 7.16. The van der Waals surface area contributed by atoms with Gasteiger partial charge in [-0.3, -0.25) is 0 Å². The maximum atomic E-state index is 8.79. The molecule has 0 saturated carbocycles. The molecule has 1 aromatic rings. The van der Waals surface area contributed by atoms with Gasteiger partial charge in [0.25, 0.3) is 0 Å². The fraction of sp³-hybridized carbons (Fsp3) is 0.111. The van der Waals surface area contributed by atoms with E-state index in [0.717, 1.165) is 6.16 Å². The van der Waals surface area contributed by atoms with Gasteiger partial charge in [0.2, 0.25) is 0 Å². The molecule has 0 heterocycles. The molecule has 0 aliphatic heterocycles. The van der Waals surface area contributed by atoms with Crippen molar-refractivity contribution in [3.8, 4) is 5.75 Å². The second kappa shape index (κ2) is 7.15. The van der Waals surface area contributed by atoms with E-state index in [9.17, 15) is 0 Å². The van der Waals surface area contributed by atoms with Gasteiger partial charge in [-0.15, -0.1) is 15.8 Å². The molecule has 0 amide bonds. The maximum absolute atomic E-state index is 8.79. The van der Waals surface area contributed by atoms with Gasteiger partial charge in [0, 0.05) is 0 Å². The number of phenols is 1. The van der Waals surface area contributed by atoms with Crippen molar-refractivity contribution in [3.63, 3.8) is 0 Å². The number of benzene rings is 1. The minimum Gasteiger partial charge on any atom is -0.506 e. The molecule has 1 aromatic carbocycles. The van der Waals surface area contributed by atoms with Gasteiger partial charge >= 0.3 is 0 Å². The Morgan fingerprint density at radius 2 is 2.00 bits per heavy atom. The van der Waals surface area contributed by atoms with E-state index in [-0.39, 0.29) is 5.75 Å². The zero-order valence-electron chi connectivity index (χ0n) is 6.70. The number of para-hydroxylation sites is 1. The smallest absolute Gasteiger partial charge is 0.134 e. The van der Waals surface area contributed by atoms with Gasteiger partial charge in [-0.2, -0.15) is 0 Å². The summed E-state index contributed by atoms with van der Waals surface area (Å²) in [5, 5.41) is 9.18. The Hall–Kier alpha value is -0.520. The van der Waals surface area contributed by atoms with Gasteiger partial charge in [-0.1, -0.05) is 29.8 Å². The van der Waals surface area contributed by atoms with Crippen molar-refractivity contribution in [2.75, 3.05) is 6.16 Å². The second-order valence-electron chi connectivity index (χ2n) is 1.98. The van der Waals surface area contributed by atoms with Crippen molar-refractivity contribution in [2.24, 2.45) is 0 Å². The summed E-state index contributed by atoms with van der Waals surface area (Å²) < 4.78 is 0. The highest BCUT2D eigenvalue weighted by atomic mass is 35.5. The van der Waals surface area contributed by atoms with Gasteiger partial charge in [0.1, 0.15) is 5.75 Å². The molecule has 0 radical (unpaired) electrons. The van der Waals surface area contributed by atoms with Crippen LogP contribution in [0, 0.1) is 0 Å². The molecule has 1 N–H and O–H groups in total. The van der Waals surface area contributed by atoms with Crippen LogP contribution < -0.4 is 0 Å². The molecule has 0 saturated heterocycles. The summed E-state index contributed by atoms with van der Waals surface area (Å²) in [6, 6.07) is 6.67. The molecule has 1 nitrogen and oxygen atoms in total. The monoisotopic (exact) mass is 202 g/mol. The number of hydrogen-bond acceptors (Lipinski definition) is 1. The van der Waals surface area contributed by atoms with Crippen LogP contribution in [0.5, 0.6) is 5.75 Å². The summed E-state index contributed by atoms with van der Waals surface area (Å²) in [7, 11) is 2.54. The SMILES string of the molecule is C=CCP.Oc1ccccc1Cl. The van der Waals surface area contributed by atoms with Crippen LogP contribution in [-0.2, 0) is 0 Å². The van der Waals surface area contributed by atoms with E-state index < -0.39 is 0 Å². The van der Waals surface area contributed by atoms with Crippen LogP contribution in [0.4, 0.5) is 0 Å². The molecule has 0 aliphatic rings. The third kappa shape index (κ3) is 5.17. The normalized spacial score (nSPS) is 8.17. The fourth-order valence-electron chi connectivity index (χ4n) is 0.452. The first-order valence-electron chi connectivity index (χ1n) is 3.46. The highest BCUT2D eigenvalue weighted by Gasteiger charge is 1.89. The zero-order valence-corrected chi connectivity index (χ0v) is 8.61. The molecule has 66 valence electrons. The van der Waals surface area contributed by atoms with Gasteiger partial charge in [0.05, 0.1) is 5.02 Å². The lowest BCUT2D eigenvalue weighted by atomic mass is 10.3. The Morgan fingerprint density at radius 1 is 1.50 bits per heavy atom. The average molecular weight is 203 g/mol. The zero-order chi connectivity index (χ0) is 9.40. The largest absolute Gasteiger partial charge is 0.506 e. The van der Waals surface area contributed by atoms with Crippen LogP contribution in [-0.4, -0.2) is 11.3 Å². The molecule has 1 rings (SSSR count). The molecule has 3 heteroatoms. The van der Waals surface area contributed by atoms with E-state index in [1.54, 1.807) is 24.3 Å². The molecule has 0 aliphatic carbocycles. The van der Waals surface area contributed by atoms with Crippen molar-refractivity contribution >= 4 is 20.8 Å². The fourth-order valence-corrected chi connectivity index (χ4v) is 0.587. The third-order valence-corrected chi connectivity index (χ3v) is 1.67. The minimum absolute atomic E-state index is 0.133. The molecule has 1 atom stereocenters. The lowest BCUT2D eigenvalue weighted by Gasteiger charge is -1.89. The second-order valence-corrected chi connectivity index (χ2v) is 2.85. The quantitative estimate of drug-likeness (QED) is 0.548. The van der Waals surface area contributed by atoms with Crippen LogP contribution in [0.1, 0.15) is 0 Å². The number of hydrogen-bond donors (Lipinski definition) is 1. The summed E-state index contributed by atoms with van der Waals surface area (Å²) in [5.41, 5.74) is 0. The summed E-state index contributed by atoms with van der Waals surface area (Å²) in [6.07, 6.45) is 2.84. The van der Waals surface area contributed by atoms with Crippen LogP contribution in [0.2, 0.25) is 5.02 Å². The van der Waals surface area contributed by atoms with Crippen molar-refractivity contribution in [1.82, 2.24) is 0 Å². The maximum Gasteiger partial charge on any atom is 0.134 e. The van der Waals surface area contributed by atoms with E-state index >= 15 is 0 Å². The van der Waals surface area contributed by atoms with E-state index in [0.29, 0.717) is 5.02 Å². The topological polar surface area (TPSA) is 20.2 Å². The summed E-state index contributed by atoms with van der Waals surface area (Å²) in [6.45, 7) is 3.46. The van der Waals surface area contributed by atoms with E-state index in [4.69, 9.17) is 16.7 Å². The van der Waals surface area contributed by atoms with Crippen molar-refractivity contribution in [3.05, 3.63) is 41.9 Å². The first kappa shape index (κ1) is 11.5. The average Bonchev–Trinajstić information content (AvgIpc) is 2.11. The van der Waals surface area contributed by atoms with E-state index in [2.05, 4.69) is 15.8 Å². The lowest BCUT2D eigenvalue weighted by molar-refractivity contribution is 0.475. The Balaban J connectivity index is 0.000000261. The Kier molecular flexibility index (Phi) is 6.84. The van der Waals surface area contributed by atoms with Crippen LogP contribution >= 0.6 is 20.8 Å². The molecular formula is C9H12ClOP. The Morgan fingerprint density at radius 3 is 2.25 bits per heavy atom. The van der Waals surface area contributed by atoms with Crippen molar-refractivity contribution in [2.45, 2.75) is 0 Å². The summed E-state index contributed by atoms with van der Waals surface area (Å²) in [4.78, 5) is 0. The number of phenolic OH excluding ortho intramolecular Hbond substituents is 1. The first-order chi connectivity index (χ1) is 5.72. The van der Waals surface area contributed by atoms with Crippen molar-refractivity contribution < 1.29 is 5.11 Å². The molecule has 1 unspecified atom stereocenters. The number of halogens is 1. The molecular weight excluding hydrogens is 191 g/mol. The molecule has 0 aromatic heterocycles. The van der Waals surface area contributed by atoms with E-state index in [1.807, 2.05) is 6.08 Å². The van der Waals surface area contributed by atoms with Crippen LogP contribution in [0.3, 0.4) is 0 Å². The minimum atomic E-state index is 0.133. The van der Waals surface area contributed by atoms with E-state index in [1.165, 1.54) is 0 Å². The van der Waals surface area contributed by atoms with Gasteiger partial charge < -0.3 is 5.11 Å². The third-order valence-electron chi connectivity index (χ3n) is 1.02. The van der Waals surface area contributed by atoms with Crippen LogP contribution in [0.15, 0.2) is 36.9 Å². The van der Waals surface area contributed by atoms with Gasteiger partial charge in [-0.25, -0.2) is 0 Å². The first-order valence-corrected chi connectivity index (χ1v) is 4.66.